The Morgan fingerprint density at radius 3 is 2.56 bits per heavy atom. The molecule has 4 rings (SSSR count). The zero-order chi connectivity index (χ0) is 18.6. The van der Waals surface area contributed by atoms with Gasteiger partial charge in [0, 0.05) is 56.3 Å². The minimum Gasteiger partial charge on any atom is -0.391 e. The smallest absolute Gasteiger partial charge is 0.227 e. The van der Waals surface area contributed by atoms with Crippen LogP contribution in [0.5, 0.6) is 0 Å². The lowest BCUT2D eigenvalue weighted by atomic mass is 9.97. The summed E-state index contributed by atoms with van der Waals surface area (Å²) in [7, 11) is 0. The van der Waals surface area contributed by atoms with E-state index in [9.17, 15) is 5.11 Å². The van der Waals surface area contributed by atoms with Crippen LogP contribution < -0.4 is 9.80 Å². The highest BCUT2D eigenvalue weighted by Gasteiger charge is 2.32. The molecule has 0 spiro atoms. The third kappa shape index (κ3) is 4.21. The van der Waals surface area contributed by atoms with Crippen LogP contribution in [0, 0.1) is 5.92 Å². The first-order valence-corrected chi connectivity index (χ1v) is 10.2. The Kier molecular flexibility index (Phi) is 5.53. The van der Waals surface area contributed by atoms with Gasteiger partial charge in [0.15, 0.2) is 0 Å². The average molecular weight is 367 g/mol. The van der Waals surface area contributed by atoms with Crippen molar-refractivity contribution in [1.82, 2.24) is 15.0 Å². The Labute approximate surface area is 161 Å². The van der Waals surface area contributed by atoms with E-state index in [1.165, 1.54) is 24.8 Å². The molecule has 0 radical (unpaired) electrons. The molecule has 0 unspecified atom stereocenters. The number of hydrogen-bond acceptors (Lipinski definition) is 6. The summed E-state index contributed by atoms with van der Waals surface area (Å²) in [6, 6.07) is 6.16. The van der Waals surface area contributed by atoms with Gasteiger partial charge in [-0.1, -0.05) is 6.92 Å². The van der Waals surface area contributed by atoms with Gasteiger partial charge < -0.3 is 14.9 Å². The van der Waals surface area contributed by atoms with Crippen molar-refractivity contribution in [2.24, 2.45) is 5.92 Å². The normalized spacial score (nSPS) is 23.0. The molecule has 0 amide bonds. The molecule has 4 heterocycles. The number of aromatic nitrogens is 3. The first-order valence-electron chi connectivity index (χ1n) is 10.2. The van der Waals surface area contributed by atoms with Gasteiger partial charge in [0.05, 0.1) is 6.10 Å². The molecule has 144 valence electrons. The maximum absolute atomic E-state index is 10.6. The Hall–Kier alpha value is -2.21. The third-order valence-electron chi connectivity index (χ3n) is 5.73. The lowest BCUT2D eigenvalue weighted by Gasteiger charge is -2.28. The molecule has 0 aromatic carbocycles. The molecular formula is C21H29N5O. The number of aliphatic hydroxyl groups excluding tert-OH is 1. The second kappa shape index (κ2) is 8.21. The summed E-state index contributed by atoms with van der Waals surface area (Å²) < 4.78 is 0. The highest BCUT2D eigenvalue weighted by molar-refractivity contribution is 5.47. The first kappa shape index (κ1) is 18.2. The minimum absolute atomic E-state index is 0.214. The predicted octanol–water partition coefficient (Wildman–Crippen LogP) is 2.46. The zero-order valence-corrected chi connectivity index (χ0v) is 16.1. The van der Waals surface area contributed by atoms with Crippen LogP contribution in [0.1, 0.15) is 37.4 Å². The molecule has 27 heavy (non-hydrogen) atoms. The maximum atomic E-state index is 10.6. The van der Waals surface area contributed by atoms with Crippen molar-refractivity contribution < 1.29 is 5.11 Å². The SMILES string of the molecule is CCc1cc(N2C[C@@H](Cc3ccncc3)[C@@H](O)C2)nc(N2CCCCC2)n1. The van der Waals surface area contributed by atoms with Gasteiger partial charge in [-0.2, -0.15) is 4.98 Å². The largest absolute Gasteiger partial charge is 0.391 e. The van der Waals surface area contributed by atoms with Gasteiger partial charge in [-0.15, -0.1) is 0 Å². The molecule has 6 heteroatoms. The Morgan fingerprint density at radius 2 is 1.81 bits per heavy atom. The van der Waals surface area contributed by atoms with Gasteiger partial charge in [0.1, 0.15) is 5.82 Å². The molecule has 2 aliphatic rings. The molecular weight excluding hydrogens is 338 g/mol. The molecule has 2 saturated heterocycles. The highest BCUT2D eigenvalue weighted by atomic mass is 16.3. The average Bonchev–Trinajstić information content (AvgIpc) is 3.09. The van der Waals surface area contributed by atoms with Crippen LogP contribution in [0.25, 0.3) is 0 Å². The van der Waals surface area contributed by atoms with Crippen LogP contribution in [-0.2, 0) is 12.8 Å². The number of anilines is 2. The third-order valence-corrected chi connectivity index (χ3v) is 5.73. The number of hydrogen-bond donors (Lipinski definition) is 1. The molecule has 6 nitrogen and oxygen atoms in total. The summed E-state index contributed by atoms with van der Waals surface area (Å²) in [5.74, 6) is 2.03. The van der Waals surface area contributed by atoms with Crippen molar-refractivity contribution in [2.45, 2.75) is 45.1 Å². The number of piperidine rings is 1. The van der Waals surface area contributed by atoms with E-state index < -0.39 is 0 Å². The van der Waals surface area contributed by atoms with Gasteiger partial charge in [0.25, 0.3) is 0 Å². The maximum Gasteiger partial charge on any atom is 0.227 e. The van der Waals surface area contributed by atoms with Crippen LogP contribution in [-0.4, -0.2) is 52.3 Å². The van der Waals surface area contributed by atoms with Gasteiger partial charge in [-0.25, -0.2) is 4.98 Å². The van der Waals surface area contributed by atoms with E-state index in [1.54, 1.807) is 0 Å². The Balaban J connectivity index is 1.52. The summed E-state index contributed by atoms with van der Waals surface area (Å²) in [5, 5.41) is 10.6. The highest BCUT2D eigenvalue weighted by Crippen LogP contribution is 2.28. The fourth-order valence-corrected chi connectivity index (χ4v) is 4.11. The van der Waals surface area contributed by atoms with Crippen molar-refractivity contribution in [3.05, 3.63) is 41.9 Å². The molecule has 1 N–H and O–H groups in total. The van der Waals surface area contributed by atoms with Gasteiger partial charge in [0.2, 0.25) is 5.95 Å². The number of pyridine rings is 1. The fraction of sp³-hybridized carbons (Fsp3) is 0.571. The van der Waals surface area contributed by atoms with Crippen molar-refractivity contribution in [3.63, 3.8) is 0 Å². The number of aryl methyl sites for hydroxylation is 1. The number of nitrogens with zero attached hydrogens (tertiary/aromatic N) is 5. The zero-order valence-electron chi connectivity index (χ0n) is 16.1. The molecule has 0 aliphatic carbocycles. The molecule has 0 bridgehead atoms. The lowest BCUT2D eigenvalue weighted by molar-refractivity contribution is 0.148. The van der Waals surface area contributed by atoms with E-state index in [2.05, 4.69) is 27.8 Å². The molecule has 2 fully saturated rings. The topological polar surface area (TPSA) is 65.4 Å². The number of rotatable bonds is 5. The second-order valence-electron chi connectivity index (χ2n) is 7.71. The van der Waals surface area contributed by atoms with Crippen LogP contribution in [0.2, 0.25) is 0 Å². The van der Waals surface area contributed by atoms with E-state index in [0.29, 0.717) is 6.54 Å². The van der Waals surface area contributed by atoms with Crippen molar-refractivity contribution >= 4 is 11.8 Å². The monoisotopic (exact) mass is 367 g/mol. The summed E-state index contributed by atoms with van der Waals surface area (Å²) in [6.45, 7) is 5.68. The molecule has 0 saturated carbocycles. The van der Waals surface area contributed by atoms with Crippen molar-refractivity contribution in [1.29, 1.82) is 0 Å². The summed E-state index contributed by atoms with van der Waals surface area (Å²) in [4.78, 5) is 18.3. The summed E-state index contributed by atoms with van der Waals surface area (Å²) in [6.07, 6.45) is 8.78. The fourth-order valence-electron chi connectivity index (χ4n) is 4.11. The van der Waals surface area contributed by atoms with Gasteiger partial charge >= 0.3 is 0 Å². The second-order valence-corrected chi connectivity index (χ2v) is 7.71. The van der Waals surface area contributed by atoms with Crippen LogP contribution in [0.4, 0.5) is 11.8 Å². The van der Waals surface area contributed by atoms with Crippen molar-refractivity contribution in [2.75, 3.05) is 36.0 Å². The summed E-state index contributed by atoms with van der Waals surface area (Å²) in [5.41, 5.74) is 2.30. The van der Waals surface area contributed by atoms with E-state index in [-0.39, 0.29) is 12.0 Å². The van der Waals surface area contributed by atoms with Gasteiger partial charge in [-0.3, -0.25) is 4.98 Å². The quantitative estimate of drug-likeness (QED) is 0.876. The molecule has 2 aromatic rings. The van der Waals surface area contributed by atoms with Gasteiger partial charge in [-0.05, 0) is 49.8 Å². The summed E-state index contributed by atoms with van der Waals surface area (Å²) >= 11 is 0. The Morgan fingerprint density at radius 1 is 1.04 bits per heavy atom. The Bertz CT molecular complexity index is 747. The number of aliphatic hydroxyl groups is 1. The minimum atomic E-state index is -0.336. The lowest BCUT2D eigenvalue weighted by Crippen LogP contribution is -2.32. The molecule has 2 aliphatic heterocycles. The van der Waals surface area contributed by atoms with E-state index in [1.807, 2.05) is 24.5 Å². The van der Waals surface area contributed by atoms with Crippen molar-refractivity contribution in [3.8, 4) is 0 Å². The van der Waals surface area contributed by atoms with Crippen LogP contribution in [0.15, 0.2) is 30.6 Å². The van der Waals surface area contributed by atoms with E-state index >= 15 is 0 Å². The van der Waals surface area contributed by atoms with E-state index in [4.69, 9.17) is 9.97 Å². The first-order chi connectivity index (χ1) is 13.2. The van der Waals surface area contributed by atoms with Crippen LogP contribution >= 0.6 is 0 Å². The molecule has 2 atom stereocenters. The van der Waals surface area contributed by atoms with Crippen LogP contribution in [0.3, 0.4) is 0 Å². The standard InChI is InChI=1S/C21H29N5O/c1-2-18-13-20(24-21(23-18)25-10-4-3-5-11-25)26-14-17(19(27)15-26)12-16-6-8-22-9-7-16/h6-9,13,17,19,27H,2-5,10-12,14-15H2,1H3/t17-,19+/m1/s1. The number of β-amino-alcohol motifs (C(OH)–C–C–N with tert-alkyl or cyclic N) is 1. The molecule has 2 aromatic heterocycles. The predicted molar refractivity (Wildman–Crippen MR) is 107 cm³/mol. The van der Waals surface area contributed by atoms with E-state index in [0.717, 1.165) is 49.9 Å².